The molecule has 4 atom stereocenters. The van der Waals surface area contributed by atoms with Crippen LogP contribution in [0, 0.1) is 5.41 Å². The van der Waals surface area contributed by atoms with Crippen LogP contribution in [0.1, 0.15) is 33.3 Å². The van der Waals surface area contributed by atoms with Crippen molar-refractivity contribution in [1.29, 1.82) is 0 Å². The Morgan fingerprint density at radius 3 is 2.40 bits per heavy atom. The number of aliphatic hydroxyl groups excluding tert-OH is 2. The summed E-state index contributed by atoms with van der Waals surface area (Å²) in [6.07, 6.45) is -1.02. The van der Waals surface area contributed by atoms with E-state index in [2.05, 4.69) is 10.5 Å². The summed E-state index contributed by atoms with van der Waals surface area (Å²) in [5, 5.41) is 27.8. The molecule has 0 aliphatic rings. The SMILES string of the molecule is COC(=O)[C@H](Cc1cn(C)c2ccccc12)NC(=O)CO/N=C(\[C@@H](O)[C@@H](C)O)[C@@H](OC)C(C)(C)C. The van der Waals surface area contributed by atoms with E-state index in [1.807, 2.05) is 62.8 Å². The predicted octanol–water partition coefficient (Wildman–Crippen LogP) is 1.55. The first kappa shape index (κ1) is 28.3. The summed E-state index contributed by atoms with van der Waals surface area (Å²) in [4.78, 5) is 30.2. The maximum atomic E-state index is 12.6. The van der Waals surface area contributed by atoms with E-state index in [4.69, 9.17) is 14.3 Å². The minimum Gasteiger partial charge on any atom is -0.467 e. The standard InChI is InChI=1S/C25H37N3O7/c1-15(29)22(31)21(23(33-6)25(2,3)4)27-35-14-20(30)26-18(24(32)34-7)12-16-13-28(5)19-11-9-8-10-17(16)19/h8-11,13,15,18,22-23,29,31H,12,14H2,1-7H3,(H,26,30)/b27-21+/t15-,18+,22+,23-/m1/s1. The Morgan fingerprint density at radius 1 is 1.17 bits per heavy atom. The highest BCUT2D eigenvalue weighted by Gasteiger charge is 2.36. The summed E-state index contributed by atoms with van der Waals surface area (Å²) < 4.78 is 12.3. The summed E-state index contributed by atoms with van der Waals surface area (Å²) in [7, 11) is 4.63. The fraction of sp³-hybridized carbons (Fsp3) is 0.560. The van der Waals surface area contributed by atoms with Gasteiger partial charge in [0.15, 0.2) is 6.61 Å². The third kappa shape index (κ3) is 7.27. The maximum absolute atomic E-state index is 12.6. The van der Waals surface area contributed by atoms with Gasteiger partial charge in [0.05, 0.1) is 13.2 Å². The van der Waals surface area contributed by atoms with Crippen molar-refractivity contribution in [3.05, 3.63) is 36.0 Å². The van der Waals surface area contributed by atoms with Crippen molar-refractivity contribution in [3.8, 4) is 0 Å². The monoisotopic (exact) mass is 491 g/mol. The number of aryl methyl sites for hydroxylation is 1. The Labute approximate surface area is 205 Å². The zero-order valence-electron chi connectivity index (χ0n) is 21.4. The molecule has 1 heterocycles. The molecule has 0 aliphatic heterocycles. The summed E-state index contributed by atoms with van der Waals surface area (Å²) in [6.45, 7) is 6.54. The lowest BCUT2D eigenvalue weighted by atomic mass is 9.83. The second kappa shape index (κ2) is 12.1. The van der Waals surface area contributed by atoms with E-state index < -0.39 is 48.3 Å². The first-order chi connectivity index (χ1) is 16.4. The summed E-state index contributed by atoms with van der Waals surface area (Å²) in [5.41, 5.74) is 1.48. The number of nitrogens with one attached hydrogen (secondary N) is 1. The van der Waals surface area contributed by atoms with Crippen molar-refractivity contribution in [1.82, 2.24) is 9.88 Å². The topological polar surface area (TPSA) is 132 Å². The van der Waals surface area contributed by atoms with E-state index in [-0.39, 0.29) is 12.1 Å². The first-order valence-electron chi connectivity index (χ1n) is 11.4. The normalized spacial score (nSPS) is 15.9. The summed E-state index contributed by atoms with van der Waals surface area (Å²) in [5.74, 6) is -1.19. The number of rotatable bonds is 11. The zero-order chi connectivity index (χ0) is 26.3. The molecule has 0 saturated carbocycles. The number of fused-ring (bicyclic) bond motifs is 1. The van der Waals surface area contributed by atoms with Crippen LogP contribution in [0.3, 0.4) is 0 Å². The van der Waals surface area contributed by atoms with Crippen LogP contribution in [0.5, 0.6) is 0 Å². The summed E-state index contributed by atoms with van der Waals surface area (Å²) in [6, 6.07) is 6.83. The Kier molecular flexibility index (Phi) is 9.82. The number of carbonyl (C=O) groups is 2. The molecule has 0 aliphatic carbocycles. The molecule has 35 heavy (non-hydrogen) atoms. The van der Waals surface area contributed by atoms with Gasteiger partial charge in [0.1, 0.15) is 24.0 Å². The number of amides is 1. The molecule has 1 amide bonds. The largest absolute Gasteiger partial charge is 0.467 e. The van der Waals surface area contributed by atoms with Crippen LogP contribution in [0.2, 0.25) is 0 Å². The average Bonchev–Trinajstić information content (AvgIpc) is 3.11. The third-order valence-corrected chi connectivity index (χ3v) is 5.64. The number of methoxy groups -OCH3 is 2. The van der Waals surface area contributed by atoms with Gasteiger partial charge < -0.3 is 34.4 Å². The predicted molar refractivity (Wildman–Crippen MR) is 132 cm³/mol. The molecule has 10 nitrogen and oxygen atoms in total. The van der Waals surface area contributed by atoms with E-state index >= 15 is 0 Å². The van der Waals surface area contributed by atoms with Crippen LogP contribution >= 0.6 is 0 Å². The van der Waals surface area contributed by atoms with E-state index in [0.29, 0.717) is 0 Å². The van der Waals surface area contributed by atoms with Gasteiger partial charge in [-0.05, 0) is 24.0 Å². The van der Waals surface area contributed by atoms with Crippen molar-refractivity contribution in [2.45, 2.75) is 58.5 Å². The van der Waals surface area contributed by atoms with Gasteiger partial charge >= 0.3 is 5.97 Å². The molecule has 3 N–H and O–H groups in total. The van der Waals surface area contributed by atoms with Gasteiger partial charge in [-0.2, -0.15) is 0 Å². The van der Waals surface area contributed by atoms with Crippen molar-refractivity contribution in [3.63, 3.8) is 0 Å². The number of esters is 1. The van der Waals surface area contributed by atoms with Crippen LogP contribution in [-0.4, -0.2) is 77.5 Å². The molecule has 1 aromatic heterocycles. The number of para-hydroxylation sites is 1. The molecule has 1 aromatic carbocycles. The smallest absolute Gasteiger partial charge is 0.328 e. The number of aromatic nitrogens is 1. The van der Waals surface area contributed by atoms with E-state index in [9.17, 15) is 19.8 Å². The number of hydrogen-bond donors (Lipinski definition) is 3. The van der Waals surface area contributed by atoms with Gasteiger partial charge in [0.25, 0.3) is 5.91 Å². The molecule has 0 saturated heterocycles. The van der Waals surface area contributed by atoms with Gasteiger partial charge in [0.2, 0.25) is 0 Å². The molecule has 0 fully saturated rings. The fourth-order valence-electron chi connectivity index (χ4n) is 3.97. The van der Waals surface area contributed by atoms with Gasteiger partial charge in [-0.25, -0.2) is 4.79 Å². The van der Waals surface area contributed by atoms with Crippen LogP contribution in [0.4, 0.5) is 0 Å². The van der Waals surface area contributed by atoms with Crippen LogP contribution in [0.15, 0.2) is 35.6 Å². The molecule has 0 unspecified atom stereocenters. The van der Waals surface area contributed by atoms with Gasteiger partial charge in [-0.3, -0.25) is 4.79 Å². The second-order valence-corrected chi connectivity index (χ2v) is 9.59. The average molecular weight is 492 g/mol. The van der Waals surface area contributed by atoms with Crippen molar-refractivity contribution in [2.24, 2.45) is 17.6 Å². The van der Waals surface area contributed by atoms with Crippen LogP contribution in [-0.2, 0) is 37.4 Å². The van der Waals surface area contributed by atoms with Gasteiger partial charge in [-0.15, -0.1) is 0 Å². The Hall–Kier alpha value is -2.95. The third-order valence-electron chi connectivity index (χ3n) is 5.64. The highest BCUT2D eigenvalue weighted by atomic mass is 16.6. The minimum atomic E-state index is -1.35. The van der Waals surface area contributed by atoms with E-state index in [1.165, 1.54) is 21.1 Å². The maximum Gasteiger partial charge on any atom is 0.328 e. The minimum absolute atomic E-state index is 0.0584. The molecule has 0 bridgehead atoms. The fourth-order valence-corrected chi connectivity index (χ4v) is 3.97. The Morgan fingerprint density at radius 2 is 1.83 bits per heavy atom. The first-order valence-corrected chi connectivity index (χ1v) is 11.4. The number of oxime groups is 1. The van der Waals surface area contributed by atoms with Crippen LogP contribution in [0.25, 0.3) is 10.9 Å². The number of nitrogens with zero attached hydrogens (tertiary/aromatic N) is 2. The summed E-state index contributed by atoms with van der Waals surface area (Å²) >= 11 is 0. The van der Waals surface area contributed by atoms with Gasteiger partial charge in [0, 0.05) is 37.7 Å². The van der Waals surface area contributed by atoms with E-state index in [0.717, 1.165) is 16.5 Å². The molecule has 0 spiro atoms. The number of hydrogen-bond acceptors (Lipinski definition) is 8. The second-order valence-electron chi connectivity index (χ2n) is 9.59. The quantitative estimate of drug-likeness (QED) is 0.247. The Bertz CT molecular complexity index is 1040. The highest BCUT2D eigenvalue weighted by Crippen LogP contribution is 2.25. The lowest BCUT2D eigenvalue weighted by molar-refractivity contribution is -0.145. The molecule has 194 valence electrons. The van der Waals surface area contributed by atoms with Crippen molar-refractivity contribution in [2.75, 3.05) is 20.8 Å². The Balaban J connectivity index is 2.15. The number of aliphatic hydroxyl groups is 2. The number of ether oxygens (including phenoxy) is 2. The highest BCUT2D eigenvalue weighted by molar-refractivity contribution is 5.93. The van der Waals surface area contributed by atoms with Crippen molar-refractivity contribution >= 4 is 28.5 Å². The molecule has 0 radical (unpaired) electrons. The number of benzene rings is 1. The molecule has 2 aromatic rings. The van der Waals surface area contributed by atoms with E-state index in [1.54, 1.807) is 0 Å². The zero-order valence-corrected chi connectivity index (χ0v) is 21.4. The molecular weight excluding hydrogens is 454 g/mol. The molecular formula is C25H37N3O7. The van der Waals surface area contributed by atoms with Gasteiger partial charge in [-0.1, -0.05) is 44.1 Å². The lowest BCUT2D eigenvalue weighted by Crippen LogP contribution is -2.46. The van der Waals surface area contributed by atoms with Crippen molar-refractivity contribution < 1.29 is 34.1 Å². The molecule has 2 rings (SSSR count). The lowest BCUT2D eigenvalue weighted by Gasteiger charge is -2.32. The molecule has 10 heteroatoms. The number of carbonyl (C=O) groups excluding carboxylic acids is 2. The van der Waals surface area contributed by atoms with Crippen LogP contribution < -0.4 is 5.32 Å².